The van der Waals surface area contributed by atoms with E-state index in [1.165, 1.54) is 0 Å². The molecule has 0 saturated carbocycles. The van der Waals surface area contributed by atoms with Gasteiger partial charge in [-0.3, -0.25) is 4.79 Å². The summed E-state index contributed by atoms with van der Waals surface area (Å²) in [7, 11) is 3.49. The van der Waals surface area contributed by atoms with Gasteiger partial charge >= 0.3 is 0 Å². The van der Waals surface area contributed by atoms with Crippen LogP contribution in [-0.2, 0) is 9.53 Å². The van der Waals surface area contributed by atoms with Crippen LogP contribution < -0.4 is 5.32 Å². The predicted molar refractivity (Wildman–Crippen MR) is 55.1 cm³/mol. The van der Waals surface area contributed by atoms with E-state index >= 15 is 0 Å². The van der Waals surface area contributed by atoms with E-state index in [0.717, 1.165) is 13.0 Å². The summed E-state index contributed by atoms with van der Waals surface area (Å²) in [6.07, 6.45) is 0.891. The molecule has 14 heavy (non-hydrogen) atoms. The first-order chi connectivity index (χ1) is 6.53. The average Bonchev–Trinajstić information content (AvgIpc) is 2.47. The highest BCUT2D eigenvalue weighted by Crippen LogP contribution is 2.22. The van der Waals surface area contributed by atoms with Crippen LogP contribution in [0.3, 0.4) is 0 Å². The smallest absolute Gasteiger partial charge is 0.240 e. The van der Waals surface area contributed by atoms with Gasteiger partial charge in [-0.15, -0.1) is 0 Å². The minimum Gasteiger partial charge on any atom is -0.382 e. The molecule has 0 aromatic rings. The molecule has 1 saturated heterocycles. The lowest BCUT2D eigenvalue weighted by molar-refractivity contribution is -0.135. The zero-order valence-electron chi connectivity index (χ0n) is 9.46. The van der Waals surface area contributed by atoms with Crippen molar-refractivity contribution in [3.63, 3.8) is 0 Å². The lowest BCUT2D eigenvalue weighted by atomic mass is 10.1. The molecule has 1 aliphatic rings. The fourth-order valence-corrected chi connectivity index (χ4v) is 1.98. The van der Waals surface area contributed by atoms with E-state index in [4.69, 9.17) is 4.74 Å². The summed E-state index contributed by atoms with van der Waals surface area (Å²) in [5.74, 6) is 0.189. The van der Waals surface area contributed by atoms with Crippen LogP contribution in [0.1, 0.15) is 20.3 Å². The van der Waals surface area contributed by atoms with E-state index in [-0.39, 0.29) is 17.5 Å². The first-order valence-corrected chi connectivity index (χ1v) is 5.00. The zero-order chi connectivity index (χ0) is 10.8. The van der Waals surface area contributed by atoms with E-state index in [9.17, 15) is 4.79 Å². The van der Waals surface area contributed by atoms with Crippen molar-refractivity contribution in [2.24, 2.45) is 0 Å². The maximum absolute atomic E-state index is 11.9. The minimum atomic E-state index is -0.197. The third kappa shape index (κ3) is 2.07. The Morgan fingerprint density at radius 3 is 2.71 bits per heavy atom. The third-order valence-electron chi connectivity index (χ3n) is 2.78. The van der Waals surface area contributed by atoms with Gasteiger partial charge in [0, 0.05) is 13.7 Å². The Labute approximate surface area is 85.6 Å². The standard InChI is InChI=1S/C10H20N2O2/c1-10(2,7-14-4)12-6-5-8(11-3)9(12)13/h8,11H,5-7H2,1-4H3. The van der Waals surface area contributed by atoms with Crippen LogP contribution in [0.4, 0.5) is 0 Å². The van der Waals surface area contributed by atoms with E-state index < -0.39 is 0 Å². The van der Waals surface area contributed by atoms with Crippen molar-refractivity contribution in [1.29, 1.82) is 0 Å². The van der Waals surface area contributed by atoms with Crippen molar-refractivity contribution in [2.75, 3.05) is 27.3 Å². The minimum absolute atomic E-state index is 0.00821. The van der Waals surface area contributed by atoms with Gasteiger partial charge < -0.3 is 15.0 Å². The van der Waals surface area contributed by atoms with Crippen molar-refractivity contribution in [2.45, 2.75) is 31.8 Å². The van der Waals surface area contributed by atoms with E-state index in [2.05, 4.69) is 5.32 Å². The molecule has 4 nitrogen and oxygen atoms in total. The monoisotopic (exact) mass is 200 g/mol. The largest absolute Gasteiger partial charge is 0.382 e. The third-order valence-corrected chi connectivity index (χ3v) is 2.78. The van der Waals surface area contributed by atoms with Crippen LogP contribution in [0, 0.1) is 0 Å². The van der Waals surface area contributed by atoms with Gasteiger partial charge in [-0.05, 0) is 27.3 Å². The van der Waals surface area contributed by atoms with Gasteiger partial charge in [0.25, 0.3) is 0 Å². The molecule has 0 aromatic carbocycles. The lowest BCUT2D eigenvalue weighted by Crippen LogP contribution is -2.50. The number of likely N-dealkylation sites (N-methyl/N-ethyl adjacent to an activating group) is 1. The van der Waals surface area contributed by atoms with Crippen molar-refractivity contribution in [1.82, 2.24) is 10.2 Å². The van der Waals surface area contributed by atoms with Gasteiger partial charge in [0.15, 0.2) is 0 Å². The summed E-state index contributed by atoms with van der Waals surface area (Å²) in [5, 5.41) is 3.03. The molecule has 1 fully saturated rings. The number of rotatable bonds is 4. The van der Waals surface area contributed by atoms with Crippen molar-refractivity contribution in [3.8, 4) is 0 Å². The molecule has 0 bridgehead atoms. The highest BCUT2D eigenvalue weighted by molar-refractivity contribution is 5.84. The van der Waals surface area contributed by atoms with Gasteiger partial charge in [0.1, 0.15) is 0 Å². The first kappa shape index (κ1) is 11.5. The SMILES string of the molecule is CNC1CCN(C(C)(C)COC)C1=O. The fraction of sp³-hybridized carbons (Fsp3) is 0.900. The number of nitrogens with zero attached hydrogens (tertiary/aromatic N) is 1. The Morgan fingerprint density at radius 1 is 1.64 bits per heavy atom. The molecule has 1 unspecified atom stereocenters. The molecule has 0 aliphatic carbocycles. The van der Waals surface area contributed by atoms with Crippen LogP contribution in [0.2, 0.25) is 0 Å². The predicted octanol–water partition coefficient (Wildman–Crippen LogP) is 0.232. The fourth-order valence-electron chi connectivity index (χ4n) is 1.98. The van der Waals surface area contributed by atoms with E-state index in [1.807, 2.05) is 25.8 Å². The van der Waals surface area contributed by atoms with E-state index in [0.29, 0.717) is 6.61 Å². The van der Waals surface area contributed by atoms with Gasteiger partial charge in [-0.2, -0.15) is 0 Å². The van der Waals surface area contributed by atoms with Gasteiger partial charge in [-0.1, -0.05) is 0 Å². The molecule has 1 amide bonds. The Kier molecular flexibility index (Phi) is 3.50. The molecule has 1 atom stereocenters. The van der Waals surface area contributed by atoms with Gasteiger partial charge in [-0.25, -0.2) is 0 Å². The maximum Gasteiger partial charge on any atom is 0.240 e. The Balaban J connectivity index is 2.66. The molecule has 82 valence electrons. The molecule has 0 aromatic heterocycles. The molecule has 4 heteroatoms. The summed E-state index contributed by atoms with van der Waals surface area (Å²) in [6, 6.07) is -0.00821. The number of likely N-dealkylation sites (tertiary alicyclic amines) is 1. The number of hydrogen-bond acceptors (Lipinski definition) is 3. The summed E-state index contributed by atoms with van der Waals surface area (Å²) in [5.41, 5.74) is -0.197. The molecular formula is C10H20N2O2. The van der Waals surface area contributed by atoms with E-state index in [1.54, 1.807) is 7.11 Å². The zero-order valence-corrected chi connectivity index (χ0v) is 9.46. The van der Waals surface area contributed by atoms with Gasteiger partial charge in [0.05, 0.1) is 18.2 Å². The highest BCUT2D eigenvalue weighted by Gasteiger charge is 2.39. The topological polar surface area (TPSA) is 41.6 Å². The highest BCUT2D eigenvalue weighted by atomic mass is 16.5. The number of carbonyl (C=O) groups excluding carboxylic acids is 1. The Bertz CT molecular complexity index is 216. The van der Waals surface area contributed by atoms with Crippen LogP contribution in [0.25, 0.3) is 0 Å². The van der Waals surface area contributed by atoms with Gasteiger partial charge in [0.2, 0.25) is 5.91 Å². The summed E-state index contributed by atoms with van der Waals surface area (Å²) in [4.78, 5) is 13.8. The second-order valence-electron chi connectivity index (χ2n) is 4.37. The molecule has 0 spiro atoms. The summed E-state index contributed by atoms with van der Waals surface area (Å²) in [6.45, 7) is 5.47. The number of ether oxygens (including phenoxy) is 1. The summed E-state index contributed by atoms with van der Waals surface area (Å²) < 4.78 is 5.12. The normalized spacial score (nSPS) is 23.3. The van der Waals surface area contributed by atoms with Crippen LogP contribution in [0.5, 0.6) is 0 Å². The molecule has 1 heterocycles. The number of methoxy groups -OCH3 is 1. The molecule has 1 rings (SSSR count). The number of nitrogens with one attached hydrogen (secondary N) is 1. The van der Waals surface area contributed by atoms with Crippen LogP contribution >= 0.6 is 0 Å². The van der Waals surface area contributed by atoms with Crippen molar-refractivity contribution < 1.29 is 9.53 Å². The molecule has 1 N–H and O–H groups in total. The lowest BCUT2D eigenvalue weighted by Gasteiger charge is -2.35. The second kappa shape index (κ2) is 4.28. The Hall–Kier alpha value is -0.610. The molecule has 1 aliphatic heterocycles. The van der Waals surface area contributed by atoms with Crippen LogP contribution in [0.15, 0.2) is 0 Å². The number of amides is 1. The second-order valence-corrected chi connectivity index (χ2v) is 4.37. The average molecular weight is 200 g/mol. The molecular weight excluding hydrogens is 180 g/mol. The number of carbonyl (C=O) groups is 1. The molecule has 0 radical (unpaired) electrons. The van der Waals surface area contributed by atoms with Crippen LogP contribution in [-0.4, -0.2) is 49.7 Å². The first-order valence-electron chi connectivity index (χ1n) is 5.00. The Morgan fingerprint density at radius 2 is 2.29 bits per heavy atom. The summed E-state index contributed by atoms with van der Waals surface area (Å²) >= 11 is 0. The number of hydrogen-bond donors (Lipinski definition) is 1. The van der Waals surface area contributed by atoms with Crippen molar-refractivity contribution >= 4 is 5.91 Å². The quantitative estimate of drug-likeness (QED) is 0.706. The van der Waals surface area contributed by atoms with Crippen molar-refractivity contribution in [3.05, 3.63) is 0 Å². The maximum atomic E-state index is 11.9.